The molecule has 0 aliphatic rings. The highest BCUT2D eigenvalue weighted by Crippen LogP contribution is 2.25. The fraction of sp³-hybridized carbons (Fsp3) is 0.357. The molecule has 0 aliphatic heterocycles. The summed E-state index contributed by atoms with van der Waals surface area (Å²) in [6.07, 6.45) is 2.66. The smallest absolute Gasteiger partial charge is 0.168 e. The number of rotatable bonds is 5. The minimum absolute atomic E-state index is 0.189. The van der Waals surface area contributed by atoms with E-state index in [1.54, 1.807) is 30.7 Å². The van der Waals surface area contributed by atoms with Gasteiger partial charge in [-0.2, -0.15) is 0 Å². The maximum Gasteiger partial charge on any atom is 0.168 e. The SMILES string of the molecule is CCn1cncc1C(O)Cc1cccc(OC)c1F. The number of ether oxygens (including phenoxy) is 1. The number of hydrogen-bond donors (Lipinski definition) is 1. The number of aryl methyl sites for hydroxylation is 1. The number of aliphatic hydroxyl groups is 1. The van der Waals surface area contributed by atoms with Crippen LogP contribution in [-0.4, -0.2) is 21.8 Å². The standard InChI is InChI=1S/C14H17FN2O2/c1-3-17-9-16-8-11(17)12(18)7-10-5-4-6-13(19-2)14(10)15/h4-6,8-9,12,18H,3,7H2,1-2H3. The highest BCUT2D eigenvalue weighted by Gasteiger charge is 2.17. The summed E-state index contributed by atoms with van der Waals surface area (Å²) >= 11 is 0. The molecule has 0 radical (unpaired) electrons. The van der Waals surface area contributed by atoms with Crippen LogP contribution in [0.5, 0.6) is 5.75 Å². The summed E-state index contributed by atoms with van der Waals surface area (Å²) in [4.78, 5) is 4.00. The Kier molecular flexibility index (Phi) is 4.16. The summed E-state index contributed by atoms with van der Waals surface area (Å²) in [5.74, 6) is -0.236. The van der Waals surface area contributed by atoms with E-state index < -0.39 is 11.9 Å². The number of nitrogens with zero attached hydrogens (tertiary/aromatic N) is 2. The van der Waals surface area contributed by atoms with Gasteiger partial charge in [-0.1, -0.05) is 12.1 Å². The lowest BCUT2D eigenvalue weighted by atomic mass is 10.0. The zero-order valence-corrected chi connectivity index (χ0v) is 11.0. The van der Waals surface area contributed by atoms with E-state index in [2.05, 4.69) is 4.98 Å². The van der Waals surface area contributed by atoms with Crippen LogP contribution in [0.15, 0.2) is 30.7 Å². The molecule has 2 aromatic rings. The Hall–Kier alpha value is -1.88. The molecule has 0 saturated heterocycles. The van der Waals surface area contributed by atoms with E-state index in [0.717, 1.165) is 0 Å². The summed E-state index contributed by atoms with van der Waals surface area (Å²) in [6, 6.07) is 4.91. The van der Waals surface area contributed by atoms with E-state index in [1.807, 2.05) is 11.5 Å². The van der Waals surface area contributed by atoms with Gasteiger partial charge in [0.2, 0.25) is 0 Å². The van der Waals surface area contributed by atoms with Gasteiger partial charge in [0.25, 0.3) is 0 Å². The third-order valence-electron chi connectivity index (χ3n) is 3.10. The Bertz CT molecular complexity index is 554. The molecule has 0 fully saturated rings. The molecule has 4 nitrogen and oxygen atoms in total. The van der Waals surface area contributed by atoms with Crippen molar-refractivity contribution >= 4 is 0 Å². The average molecular weight is 264 g/mol. The highest BCUT2D eigenvalue weighted by atomic mass is 19.1. The molecule has 1 heterocycles. The number of benzene rings is 1. The fourth-order valence-electron chi connectivity index (χ4n) is 2.06. The lowest BCUT2D eigenvalue weighted by Gasteiger charge is -2.14. The fourth-order valence-corrected chi connectivity index (χ4v) is 2.06. The Balaban J connectivity index is 2.22. The molecule has 5 heteroatoms. The molecule has 0 spiro atoms. The van der Waals surface area contributed by atoms with Crippen molar-refractivity contribution in [3.63, 3.8) is 0 Å². The Morgan fingerprint density at radius 2 is 2.26 bits per heavy atom. The number of halogens is 1. The van der Waals surface area contributed by atoms with Crippen LogP contribution in [0.2, 0.25) is 0 Å². The summed E-state index contributed by atoms with van der Waals surface area (Å²) in [6.45, 7) is 2.68. The monoisotopic (exact) mass is 264 g/mol. The van der Waals surface area contributed by atoms with Crippen LogP contribution in [0.4, 0.5) is 4.39 Å². The first kappa shape index (κ1) is 13.5. The van der Waals surface area contributed by atoms with Crippen LogP contribution in [-0.2, 0) is 13.0 Å². The second-order valence-corrected chi connectivity index (χ2v) is 4.26. The zero-order valence-electron chi connectivity index (χ0n) is 11.0. The van der Waals surface area contributed by atoms with Gasteiger partial charge in [0.1, 0.15) is 0 Å². The summed E-state index contributed by atoms with van der Waals surface area (Å²) in [5.41, 5.74) is 1.11. The van der Waals surface area contributed by atoms with Gasteiger partial charge in [-0.15, -0.1) is 0 Å². The molecule has 0 amide bonds. The van der Waals surface area contributed by atoms with E-state index in [4.69, 9.17) is 4.74 Å². The first-order valence-corrected chi connectivity index (χ1v) is 6.16. The van der Waals surface area contributed by atoms with Gasteiger partial charge in [0.05, 0.1) is 31.4 Å². The molecule has 102 valence electrons. The van der Waals surface area contributed by atoms with Crippen LogP contribution in [0.1, 0.15) is 24.3 Å². The van der Waals surface area contributed by atoms with Crippen molar-refractivity contribution in [3.8, 4) is 5.75 Å². The van der Waals surface area contributed by atoms with Crippen molar-refractivity contribution in [2.45, 2.75) is 26.0 Å². The number of hydrogen-bond acceptors (Lipinski definition) is 3. The predicted molar refractivity (Wildman–Crippen MR) is 69.5 cm³/mol. The molecular formula is C14H17FN2O2. The molecule has 19 heavy (non-hydrogen) atoms. The Morgan fingerprint density at radius 3 is 2.95 bits per heavy atom. The van der Waals surface area contributed by atoms with Gasteiger partial charge < -0.3 is 14.4 Å². The molecule has 2 rings (SSSR count). The summed E-state index contributed by atoms with van der Waals surface area (Å²) < 4.78 is 20.8. The molecular weight excluding hydrogens is 247 g/mol. The molecule has 0 aliphatic carbocycles. The van der Waals surface area contributed by atoms with Crippen molar-refractivity contribution < 1.29 is 14.2 Å². The van der Waals surface area contributed by atoms with Crippen molar-refractivity contribution in [3.05, 3.63) is 47.8 Å². The minimum Gasteiger partial charge on any atom is -0.494 e. The first-order chi connectivity index (χ1) is 9.17. The van der Waals surface area contributed by atoms with E-state index in [-0.39, 0.29) is 12.2 Å². The Labute approximate surface area is 111 Å². The van der Waals surface area contributed by atoms with Gasteiger partial charge in [-0.05, 0) is 18.6 Å². The third kappa shape index (κ3) is 2.76. The van der Waals surface area contributed by atoms with Gasteiger partial charge in [0.15, 0.2) is 11.6 Å². The lowest BCUT2D eigenvalue weighted by Crippen LogP contribution is -2.09. The van der Waals surface area contributed by atoms with Crippen molar-refractivity contribution in [1.29, 1.82) is 0 Å². The average Bonchev–Trinajstić information content (AvgIpc) is 2.89. The maximum atomic E-state index is 14.0. The second-order valence-electron chi connectivity index (χ2n) is 4.26. The first-order valence-electron chi connectivity index (χ1n) is 6.16. The number of aliphatic hydroxyl groups excluding tert-OH is 1. The molecule has 1 atom stereocenters. The number of methoxy groups -OCH3 is 1. The number of aromatic nitrogens is 2. The van der Waals surface area contributed by atoms with Crippen LogP contribution in [0, 0.1) is 5.82 Å². The highest BCUT2D eigenvalue weighted by molar-refractivity contribution is 5.31. The molecule has 1 aromatic carbocycles. The van der Waals surface area contributed by atoms with E-state index in [9.17, 15) is 9.50 Å². The molecule has 1 N–H and O–H groups in total. The largest absolute Gasteiger partial charge is 0.494 e. The van der Waals surface area contributed by atoms with Gasteiger partial charge in [-0.25, -0.2) is 9.37 Å². The van der Waals surface area contributed by atoms with Crippen LogP contribution >= 0.6 is 0 Å². The third-order valence-corrected chi connectivity index (χ3v) is 3.10. The van der Waals surface area contributed by atoms with Gasteiger partial charge >= 0.3 is 0 Å². The topological polar surface area (TPSA) is 47.3 Å². The molecule has 0 bridgehead atoms. The molecule has 0 saturated carbocycles. The zero-order chi connectivity index (χ0) is 13.8. The van der Waals surface area contributed by atoms with Crippen LogP contribution in [0.25, 0.3) is 0 Å². The second kappa shape index (κ2) is 5.84. The van der Waals surface area contributed by atoms with Crippen LogP contribution in [0.3, 0.4) is 0 Å². The summed E-state index contributed by atoms with van der Waals surface area (Å²) in [7, 11) is 1.42. The van der Waals surface area contributed by atoms with Crippen LogP contribution < -0.4 is 4.74 Å². The van der Waals surface area contributed by atoms with E-state index >= 15 is 0 Å². The van der Waals surface area contributed by atoms with Gasteiger partial charge in [0, 0.05) is 13.0 Å². The normalized spacial score (nSPS) is 12.4. The van der Waals surface area contributed by atoms with Gasteiger partial charge in [-0.3, -0.25) is 0 Å². The quantitative estimate of drug-likeness (QED) is 0.901. The molecule has 1 unspecified atom stereocenters. The van der Waals surface area contributed by atoms with Crippen molar-refractivity contribution in [2.24, 2.45) is 0 Å². The number of imidazole rings is 1. The van der Waals surface area contributed by atoms with Crippen molar-refractivity contribution in [2.75, 3.05) is 7.11 Å². The lowest BCUT2D eigenvalue weighted by molar-refractivity contribution is 0.167. The van der Waals surface area contributed by atoms with E-state index in [1.165, 1.54) is 7.11 Å². The predicted octanol–water partition coefficient (Wildman–Crippen LogP) is 2.33. The van der Waals surface area contributed by atoms with E-state index in [0.29, 0.717) is 17.8 Å². The maximum absolute atomic E-state index is 14.0. The molecule has 1 aromatic heterocycles. The Morgan fingerprint density at radius 1 is 1.47 bits per heavy atom. The minimum atomic E-state index is -0.788. The van der Waals surface area contributed by atoms with Crippen molar-refractivity contribution in [1.82, 2.24) is 9.55 Å². The summed E-state index contributed by atoms with van der Waals surface area (Å²) in [5, 5.41) is 10.2.